The van der Waals surface area contributed by atoms with E-state index in [0.717, 1.165) is 61.0 Å². The second-order valence-corrected chi connectivity index (χ2v) is 11.5. The Bertz CT molecular complexity index is 1400. The highest BCUT2D eigenvalue weighted by molar-refractivity contribution is 7.99. The molecule has 0 fully saturated rings. The second kappa shape index (κ2) is 11.1. The maximum Gasteiger partial charge on any atom is 0.341 e. The Morgan fingerprint density at radius 3 is 2.83 bits per heavy atom. The third kappa shape index (κ3) is 4.94. The monoisotopic (exact) mass is 540 g/mol. The Hall–Kier alpha value is -2.69. The summed E-state index contributed by atoms with van der Waals surface area (Å²) in [6, 6.07) is 8.29. The predicted octanol–water partition coefficient (Wildman–Crippen LogP) is 6.42. The molecule has 0 atom stereocenters. The van der Waals surface area contributed by atoms with Gasteiger partial charge in [-0.2, -0.15) is 0 Å². The van der Waals surface area contributed by atoms with E-state index in [9.17, 15) is 9.59 Å². The van der Waals surface area contributed by atoms with Crippen LogP contribution in [0.3, 0.4) is 0 Å². The third-order valence-corrected chi connectivity index (χ3v) is 9.26. The lowest BCUT2D eigenvalue weighted by molar-refractivity contribution is -0.113. The van der Waals surface area contributed by atoms with E-state index in [4.69, 9.17) is 4.74 Å². The number of fused-ring (bicyclic) bond motifs is 2. The molecular weight excluding hydrogens is 513 g/mol. The lowest BCUT2D eigenvalue weighted by Crippen LogP contribution is -2.17. The Kier molecular flexibility index (Phi) is 7.73. The summed E-state index contributed by atoms with van der Waals surface area (Å²) in [5, 5.41) is 16.5. The van der Waals surface area contributed by atoms with Gasteiger partial charge >= 0.3 is 5.97 Å². The first-order chi connectivity index (χ1) is 17.6. The molecule has 1 aliphatic rings. The number of aromatic nitrogens is 3. The Morgan fingerprint density at radius 1 is 1.17 bits per heavy atom. The minimum Gasteiger partial charge on any atom is -0.462 e. The molecule has 0 radical (unpaired) electrons. The Labute approximate surface area is 222 Å². The fourth-order valence-electron chi connectivity index (χ4n) is 4.54. The topological polar surface area (TPSA) is 86.1 Å². The first kappa shape index (κ1) is 25.0. The molecule has 188 valence electrons. The van der Waals surface area contributed by atoms with Crippen LogP contribution in [0.2, 0.25) is 0 Å². The summed E-state index contributed by atoms with van der Waals surface area (Å²) >= 11 is 4.57. The highest BCUT2D eigenvalue weighted by atomic mass is 32.2. The van der Waals surface area contributed by atoms with Crippen LogP contribution in [0, 0.1) is 0 Å². The zero-order valence-corrected chi connectivity index (χ0v) is 22.8. The number of carbonyl (C=O) groups is 2. The van der Waals surface area contributed by atoms with Crippen molar-refractivity contribution in [1.82, 2.24) is 14.8 Å². The molecule has 1 aromatic carbocycles. The molecule has 0 unspecified atom stereocenters. The maximum absolute atomic E-state index is 13.0. The quantitative estimate of drug-likeness (QED) is 0.195. The van der Waals surface area contributed by atoms with Gasteiger partial charge in [-0.25, -0.2) is 4.79 Å². The molecule has 0 saturated carbocycles. The number of anilines is 1. The number of esters is 1. The van der Waals surface area contributed by atoms with Gasteiger partial charge in [0.2, 0.25) is 5.91 Å². The molecule has 1 N–H and O–H groups in total. The van der Waals surface area contributed by atoms with Crippen molar-refractivity contribution in [3.63, 3.8) is 0 Å². The number of carbonyl (C=O) groups excluding carboxylic acids is 2. The van der Waals surface area contributed by atoms with E-state index in [2.05, 4.69) is 44.5 Å². The average Bonchev–Trinajstić information content (AvgIpc) is 3.58. The van der Waals surface area contributed by atoms with Crippen LogP contribution in [0.25, 0.3) is 21.5 Å². The van der Waals surface area contributed by atoms with E-state index in [-0.39, 0.29) is 17.6 Å². The SMILES string of the molecule is CCCn1c(SCC(=O)Nc2sc3c(c2C(=O)OCC)CCCC3)nnc1-c1csc2ccccc12. The normalized spacial score (nSPS) is 13.1. The number of aryl methyl sites for hydroxylation is 1. The standard InChI is InChI=1S/C26H28N4O3S3/c1-3-13-30-23(18-14-34-19-11-7-5-9-16(18)19)28-29-26(30)35-15-21(31)27-24-22(25(32)33-4-2)17-10-6-8-12-20(17)36-24/h5,7,9,11,14H,3-4,6,8,10,12-13,15H2,1-2H3,(H,27,31). The van der Waals surface area contributed by atoms with E-state index in [1.807, 2.05) is 12.1 Å². The van der Waals surface area contributed by atoms with E-state index in [1.165, 1.54) is 32.7 Å². The van der Waals surface area contributed by atoms with E-state index >= 15 is 0 Å². The number of nitrogens with zero attached hydrogens (tertiary/aromatic N) is 3. The molecule has 3 heterocycles. The summed E-state index contributed by atoms with van der Waals surface area (Å²) in [7, 11) is 0. The minimum absolute atomic E-state index is 0.169. The molecule has 7 nitrogen and oxygen atoms in total. The zero-order chi connectivity index (χ0) is 25.1. The van der Waals surface area contributed by atoms with Gasteiger partial charge < -0.3 is 14.6 Å². The largest absolute Gasteiger partial charge is 0.462 e. The first-order valence-electron chi connectivity index (χ1n) is 12.2. The van der Waals surface area contributed by atoms with Crippen LogP contribution in [0.4, 0.5) is 5.00 Å². The number of hydrogen-bond donors (Lipinski definition) is 1. The zero-order valence-electron chi connectivity index (χ0n) is 20.3. The van der Waals surface area contributed by atoms with Gasteiger partial charge in [0.05, 0.1) is 17.9 Å². The van der Waals surface area contributed by atoms with E-state index < -0.39 is 0 Å². The van der Waals surface area contributed by atoms with Gasteiger partial charge in [-0.15, -0.1) is 32.9 Å². The number of thiophene rings is 2. The summed E-state index contributed by atoms with van der Waals surface area (Å²) in [5.74, 6) is 0.484. The summed E-state index contributed by atoms with van der Waals surface area (Å²) in [6.45, 7) is 4.99. The van der Waals surface area contributed by atoms with Gasteiger partial charge in [0.25, 0.3) is 0 Å². The fourth-order valence-corrected chi connectivity index (χ4v) is 7.53. The van der Waals surface area contributed by atoms with Crippen LogP contribution in [0.5, 0.6) is 0 Å². The number of nitrogens with one attached hydrogen (secondary N) is 1. The molecule has 5 rings (SSSR count). The summed E-state index contributed by atoms with van der Waals surface area (Å²) < 4.78 is 8.61. The van der Waals surface area contributed by atoms with E-state index in [1.54, 1.807) is 18.3 Å². The van der Waals surface area contributed by atoms with Crippen molar-refractivity contribution in [3.05, 3.63) is 45.6 Å². The van der Waals surface area contributed by atoms with Gasteiger partial charge in [-0.05, 0) is 50.7 Å². The molecule has 0 bridgehead atoms. The van der Waals surface area contributed by atoms with Gasteiger partial charge in [-0.3, -0.25) is 4.79 Å². The summed E-state index contributed by atoms with van der Waals surface area (Å²) in [4.78, 5) is 26.9. The number of ether oxygens (including phenoxy) is 1. The Balaban J connectivity index is 1.34. The van der Waals surface area contributed by atoms with Crippen molar-refractivity contribution in [3.8, 4) is 11.4 Å². The van der Waals surface area contributed by atoms with Gasteiger partial charge in [-0.1, -0.05) is 36.9 Å². The molecule has 10 heteroatoms. The molecule has 3 aromatic heterocycles. The summed E-state index contributed by atoms with van der Waals surface area (Å²) in [6.07, 6.45) is 4.88. The van der Waals surface area contributed by atoms with Crippen LogP contribution >= 0.6 is 34.4 Å². The molecule has 4 aromatic rings. The maximum atomic E-state index is 13.0. The van der Waals surface area contributed by atoms with Gasteiger partial charge in [0, 0.05) is 32.5 Å². The molecule has 36 heavy (non-hydrogen) atoms. The van der Waals surface area contributed by atoms with E-state index in [0.29, 0.717) is 22.3 Å². The van der Waals surface area contributed by atoms with Crippen LogP contribution in [0.1, 0.15) is 53.9 Å². The number of amides is 1. The first-order valence-corrected chi connectivity index (χ1v) is 14.9. The second-order valence-electron chi connectivity index (χ2n) is 8.58. The highest BCUT2D eigenvalue weighted by Gasteiger charge is 2.27. The smallest absolute Gasteiger partial charge is 0.341 e. The number of thioether (sulfide) groups is 1. The van der Waals surface area contributed by atoms with Crippen molar-refractivity contribution in [2.45, 2.75) is 57.7 Å². The number of benzene rings is 1. The predicted molar refractivity (Wildman–Crippen MR) is 147 cm³/mol. The summed E-state index contributed by atoms with van der Waals surface area (Å²) in [5.41, 5.74) is 2.65. The van der Waals surface area contributed by atoms with Crippen molar-refractivity contribution in [1.29, 1.82) is 0 Å². The number of rotatable bonds is 9. The van der Waals surface area contributed by atoms with Crippen molar-refractivity contribution < 1.29 is 14.3 Å². The van der Waals surface area contributed by atoms with Crippen molar-refractivity contribution in [2.75, 3.05) is 17.7 Å². The van der Waals surface area contributed by atoms with Crippen LogP contribution in [0.15, 0.2) is 34.8 Å². The van der Waals surface area contributed by atoms with Gasteiger partial charge in [0.15, 0.2) is 11.0 Å². The van der Waals surface area contributed by atoms with Gasteiger partial charge in [0.1, 0.15) is 5.00 Å². The Morgan fingerprint density at radius 2 is 2.00 bits per heavy atom. The van der Waals surface area contributed by atoms with Crippen LogP contribution < -0.4 is 5.32 Å². The molecule has 1 amide bonds. The molecule has 0 spiro atoms. The highest BCUT2D eigenvalue weighted by Crippen LogP contribution is 2.39. The van der Waals surface area contributed by atoms with Crippen LogP contribution in [-0.2, 0) is 28.9 Å². The lowest BCUT2D eigenvalue weighted by Gasteiger charge is -2.12. The van der Waals surface area contributed by atoms with Crippen molar-refractivity contribution >= 4 is 61.4 Å². The lowest BCUT2D eigenvalue weighted by atomic mass is 9.95. The van der Waals surface area contributed by atoms with Crippen molar-refractivity contribution in [2.24, 2.45) is 0 Å². The molecule has 0 aliphatic heterocycles. The number of hydrogen-bond acceptors (Lipinski definition) is 8. The average molecular weight is 541 g/mol. The van der Waals surface area contributed by atoms with Crippen LogP contribution in [-0.4, -0.2) is 39.0 Å². The minimum atomic E-state index is -0.352. The molecular formula is C26H28N4O3S3. The third-order valence-electron chi connectivity index (χ3n) is 6.12. The molecule has 0 saturated heterocycles. The fraction of sp³-hybridized carbons (Fsp3) is 0.385. The molecule has 1 aliphatic carbocycles.